The summed E-state index contributed by atoms with van der Waals surface area (Å²) in [6, 6.07) is 4.78. The van der Waals surface area contributed by atoms with Gasteiger partial charge < -0.3 is 10.4 Å². The van der Waals surface area contributed by atoms with E-state index >= 15 is 0 Å². The highest BCUT2D eigenvalue weighted by atomic mass is 19.1. The van der Waals surface area contributed by atoms with Crippen molar-refractivity contribution in [2.45, 2.75) is 18.9 Å². The second-order valence-electron chi connectivity index (χ2n) is 4.45. The van der Waals surface area contributed by atoms with Gasteiger partial charge in [-0.1, -0.05) is 25.1 Å². The Hall–Kier alpha value is -2.44. The minimum Gasteiger partial charge on any atom is -0.480 e. The molecule has 0 aromatic heterocycles. The molecule has 1 unspecified atom stereocenters. The van der Waals surface area contributed by atoms with Crippen molar-refractivity contribution in [3.8, 4) is 0 Å². The van der Waals surface area contributed by atoms with Gasteiger partial charge in [0.1, 0.15) is 17.9 Å². The van der Waals surface area contributed by atoms with Gasteiger partial charge in [0, 0.05) is 5.56 Å². The van der Waals surface area contributed by atoms with Crippen LogP contribution >= 0.6 is 0 Å². The molecule has 0 radical (unpaired) electrons. The Labute approximate surface area is 114 Å². The standard InChI is InChI=1S/C13H13FN2O4/c1-2-13(8-5-3-4-6-9(8)14)11(19)16(7-10(17)18)12(20)15-13/h3-6H,2,7H2,1H3,(H,15,20)(H,17,18). The molecule has 1 fully saturated rings. The molecule has 2 N–H and O–H groups in total. The molecular formula is C13H13FN2O4. The van der Waals surface area contributed by atoms with E-state index in [1.165, 1.54) is 18.2 Å². The third-order valence-electron chi connectivity index (χ3n) is 3.33. The van der Waals surface area contributed by atoms with Crippen LogP contribution in [-0.4, -0.2) is 34.5 Å². The predicted molar refractivity (Wildman–Crippen MR) is 66.2 cm³/mol. The molecule has 2 rings (SSSR count). The second-order valence-corrected chi connectivity index (χ2v) is 4.45. The molecular weight excluding hydrogens is 267 g/mol. The number of urea groups is 1. The highest BCUT2D eigenvalue weighted by Crippen LogP contribution is 2.33. The van der Waals surface area contributed by atoms with Crippen LogP contribution in [0.1, 0.15) is 18.9 Å². The van der Waals surface area contributed by atoms with Crippen LogP contribution in [0.25, 0.3) is 0 Å². The normalized spacial score (nSPS) is 22.0. The van der Waals surface area contributed by atoms with E-state index in [2.05, 4.69) is 5.32 Å². The topological polar surface area (TPSA) is 86.7 Å². The molecule has 6 nitrogen and oxygen atoms in total. The number of nitrogens with zero attached hydrogens (tertiary/aromatic N) is 1. The lowest BCUT2D eigenvalue weighted by molar-refractivity contribution is -0.143. The zero-order valence-electron chi connectivity index (χ0n) is 10.7. The summed E-state index contributed by atoms with van der Waals surface area (Å²) in [5.74, 6) is -2.69. The van der Waals surface area contributed by atoms with Crippen molar-refractivity contribution in [3.05, 3.63) is 35.6 Å². The quantitative estimate of drug-likeness (QED) is 0.808. The average Bonchev–Trinajstić information content (AvgIpc) is 2.64. The van der Waals surface area contributed by atoms with Crippen molar-refractivity contribution in [3.63, 3.8) is 0 Å². The molecule has 7 heteroatoms. The van der Waals surface area contributed by atoms with Crippen molar-refractivity contribution in [2.75, 3.05) is 6.54 Å². The van der Waals surface area contributed by atoms with Crippen LogP contribution in [0.4, 0.5) is 9.18 Å². The molecule has 0 saturated carbocycles. The summed E-state index contributed by atoms with van der Waals surface area (Å²) >= 11 is 0. The number of nitrogens with one attached hydrogen (secondary N) is 1. The minimum absolute atomic E-state index is 0.0359. The minimum atomic E-state index is -1.54. The third-order valence-corrected chi connectivity index (χ3v) is 3.33. The number of imide groups is 1. The molecule has 0 aliphatic carbocycles. The first-order chi connectivity index (χ1) is 9.42. The van der Waals surface area contributed by atoms with Gasteiger partial charge >= 0.3 is 12.0 Å². The van der Waals surface area contributed by atoms with Crippen molar-refractivity contribution in [1.82, 2.24) is 10.2 Å². The molecule has 1 aliphatic rings. The van der Waals surface area contributed by atoms with Gasteiger partial charge in [0.05, 0.1) is 0 Å². The number of hydrogen-bond acceptors (Lipinski definition) is 3. The highest BCUT2D eigenvalue weighted by molar-refractivity contribution is 6.09. The van der Waals surface area contributed by atoms with E-state index in [1.807, 2.05) is 0 Å². The maximum absolute atomic E-state index is 13.9. The number of carbonyl (C=O) groups excluding carboxylic acids is 2. The number of benzene rings is 1. The summed E-state index contributed by atoms with van der Waals surface area (Å²) < 4.78 is 13.9. The number of carboxylic acids is 1. The average molecular weight is 280 g/mol. The molecule has 3 amide bonds. The van der Waals surface area contributed by atoms with Gasteiger partial charge in [0.25, 0.3) is 5.91 Å². The van der Waals surface area contributed by atoms with E-state index in [4.69, 9.17) is 5.11 Å². The monoisotopic (exact) mass is 280 g/mol. The van der Waals surface area contributed by atoms with Gasteiger partial charge in [-0.05, 0) is 12.5 Å². The number of carboxylic acid groups (broad SMARTS) is 1. The molecule has 1 aromatic carbocycles. The lowest BCUT2D eigenvalue weighted by Crippen LogP contribution is -2.44. The molecule has 0 bridgehead atoms. The SMILES string of the molecule is CCC1(c2ccccc2F)NC(=O)N(CC(=O)O)C1=O. The Kier molecular flexibility index (Phi) is 3.44. The smallest absolute Gasteiger partial charge is 0.325 e. The van der Waals surface area contributed by atoms with Gasteiger partial charge in [-0.2, -0.15) is 0 Å². The molecule has 1 saturated heterocycles. The van der Waals surface area contributed by atoms with Crippen LogP contribution < -0.4 is 5.32 Å². The van der Waals surface area contributed by atoms with E-state index in [0.717, 1.165) is 0 Å². The highest BCUT2D eigenvalue weighted by Gasteiger charge is 2.52. The Morgan fingerprint density at radius 1 is 1.40 bits per heavy atom. The first-order valence-electron chi connectivity index (χ1n) is 6.03. The zero-order valence-corrected chi connectivity index (χ0v) is 10.7. The van der Waals surface area contributed by atoms with Crippen LogP contribution in [0.5, 0.6) is 0 Å². The Bertz CT molecular complexity index is 589. The van der Waals surface area contributed by atoms with Crippen molar-refractivity contribution in [2.24, 2.45) is 0 Å². The number of rotatable bonds is 4. The zero-order chi connectivity index (χ0) is 14.9. The number of carbonyl (C=O) groups is 3. The summed E-state index contributed by atoms with van der Waals surface area (Å²) in [6.45, 7) is 0.871. The van der Waals surface area contributed by atoms with Crippen LogP contribution in [0.3, 0.4) is 0 Å². The van der Waals surface area contributed by atoms with Crippen molar-refractivity contribution in [1.29, 1.82) is 0 Å². The van der Waals surface area contributed by atoms with Gasteiger partial charge in [0.2, 0.25) is 0 Å². The summed E-state index contributed by atoms with van der Waals surface area (Å²) in [5, 5.41) is 11.1. The lowest BCUT2D eigenvalue weighted by atomic mass is 9.87. The van der Waals surface area contributed by atoms with Gasteiger partial charge in [0.15, 0.2) is 0 Å². The van der Waals surface area contributed by atoms with Crippen molar-refractivity contribution >= 4 is 17.9 Å². The van der Waals surface area contributed by atoms with E-state index in [0.29, 0.717) is 4.90 Å². The van der Waals surface area contributed by atoms with E-state index < -0.39 is 35.8 Å². The maximum atomic E-state index is 13.9. The Morgan fingerprint density at radius 2 is 2.05 bits per heavy atom. The van der Waals surface area contributed by atoms with Crippen LogP contribution in [0, 0.1) is 5.82 Å². The molecule has 20 heavy (non-hydrogen) atoms. The summed E-state index contributed by atoms with van der Waals surface area (Å²) in [4.78, 5) is 35.4. The fourth-order valence-electron chi connectivity index (χ4n) is 2.32. The van der Waals surface area contributed by atoms with Crippen LogP contribution in [-0.2, 0) is 15.1 Å². The molecule has 1 heterocycles. The number of amides is 3. The molecule has 1 aliphatic heterocycles. The summed E-state index contributed by atoms with van der Waals surface area (Å²) in [5.41, 5.74) is -1.51. The molecule has 0 spiro atoms. The van der Waals surface area contributed by atoms with Crippen LogP contribution in [0.15, 0.2) is 24.3 Å². The molecule has 1 atom stereocenters. The fraction of sp³-hybridized carbons (Fsp3) is 0.308. The van der Waals surface area contributed by atoms with Crippen molar-refractivity contribution < 1.29 is 23.9 Å². The van der Waals surface area contributed by atoms with Crippen LogP contribution in [0.2, 0.25) is 0 Å². The maximum Gasteiger partial charge on any atom is 0.325 e. The molecule has 1 aromatic rings. The fourth-order valence-corrected chi connectivity index (χ4v) is 2.32. The largest absolute Gasteiger partial charge is 0.480 e. The Morgan fingerprint density at radius 3 is 2.60 bits per heavy atom. The summed E-state index contributed by atoms with van der Waals surface area (Å²) in [7, 11) is 0. The van der Waals surface area contributed by atoms with Gasteiger partial charge in [-0.15, -0.1) is 0 Å². The van der Waals surface area contributed by atoms with E-state index in [9.17, 15) is 18.8 Å². The number of aliphatic carboxylic acids is 1. The predicted octanol–water partition coefficient (Wildman–Crippen LogP) is 1.07. The first kappa shape index (κ1) is 14.0. The second kappa shape index (κ2) is 4.92. The van der Waals surface area contributed by atoms with Gasteiger partial charge in [-0.25, -0.2) is 9.18 Å². The van der Waals surface area contributed by atoms with E-state index in [1.54, 1.807) is 13.0 Å². The number of halogens is 1. The Balaban J connectivity index is 2.48. The lowest BCUT2D eigenvalue weighted by Gasteiger charge is -2.25. The van der Waals surface area contributed by atoms with Gasteiger partial charge in [-0.3, -0.25) is 14.5 Å². The third kappa shape index (κ3) is 2.01. The number of hydrogen-bond donors (Lipinski definition) is 2. The summed E-state index contributed by atoms with van der Waals surface area (Å²) in [6.07, 6.45) is 0.120. The van der Waals surface area contributed by atoms with E-state index in [-0.39, 0.29) is 12.0 Å². The first-order valence-corrected chi connectivity index (χ1v) is 6.03. The molecule has 106 valence electrons.